The zero-order valence-electron chi connectivity index (χ0n) is 13.3. The molecule has 4 saturated carbocycles. The minimum absolute atomic E-state index is 0.108. The van der Waals surface area contributed by atoms with Crippen LogP contribution in [0.4, 0.5) is 0 Å². The minimum atomic E-state index is -0.583. The van der Waals surface area contributed by atoms with E-state index >= 15 is 0 Å². The molecule has 2 N–H and O–H groups in total. The Kier molecular flexibility index (Phi) is 3.26. The Morgan fingerprint density at radius 2 is 1.74 bits per heavy atom. The van der Waals surface area contributed by atoms with Gasteiger partial charge in [-0.25, -0.2) is 0 Å². The summed E-state index contributed by atoms with van der Waals surface area (Å²) in [6.45, 7) is -0.297. The topological polar surface area (TPSA) is 69.4 Å². The summed E-state index contributed by atoms with van der Waals surface area (Å²) in [5.74, 6) is 0.404. The average Bonchev–Trinajstić information content (AvgIpc) is 2.52. The Bertz CT molecular complexity index is 625. The van der Waals surface area contributed by atoms with Crippen LogP contribution < -0.4 is 5.73 Å². The molecule has 122 valence electrons. The van der Waals surface area contributed by atoms with E-state index in [0.717, 1.165) is 19.3 Å². The van der Waals surface area contributed by atoms with E-state index < -0.39 is 11.3 Å². The molecule has 4 heteroatoms. The Morgan fingerprint density at radius 3 is 2.35 bits per heavy atom. The van der Waals surface area contributed by atoms with Crippen molar-refractivity contribution in [1.82, 2.24) is 0 Å². The number of hydrogen-bond acceptors (Lipinski definition) is 3. The van der Waals surface area contributed by atoms with Crippen LogP contribution in [0.25, 0.3) is 0 Å². The summed E-state index contributed by atoms with van der Waals surface area (Å²) in [5, 5.41) is 0. The van der Waals surface area contributed by atoms with Crippen LogP contribution in [-0.2, 0) is 19.7 Å². The largest absolute Gasteiger partial charge is 0.455 e. The van der Waals surface area contributed by atoms with Crippen LogP contribution in [0, 0.1) is 17.3 Å². The van der Waals surface area contributed by atoms with Crippen molar-refractivity contribution in [3.8, 4) is 0 Å². The zero-order chi connectivity index (χ0) is 16.1. The van der Waals surface area contributed by atoms with Gasteiger partial charge >= 0.3 is 5.97 Å². The predicted octanol–water partition coefficient (Wildman–Crippen LogP) is 2.55. The number of amides is 1. The SMILES string of the molecule is NC(=O)COC(=O)C12C[C@H]3C[C@@H](C1)CC(c1ccccc1)(C3)C2. The number of rotatable bonds is 4. The maximum Gasteiger partial charge on any atom is 0.312 e. The highest BCUT2D eigenvalue weighted by atomic mass is 16.5. The summed E-state index contributed by atoms with van der Waals surface area (Å²) in [4.78, 5) is 23.7. The van der Waals surface area contributed by atoms with Crippen molar-refractivity contribution in [3.05, 3.63) is 35.9 Å². The van der Waals surface area contributed by atoms with Gasteiger partial charge in [0.05, 0.1) is 5.41 Å². The molecule has 5 rings (SSSR count). The number of ether oxygens (including phenoxy) is 1. The highest BCUT2D eigenvalue weighted by molar-refractivity contribution is 5.82. The first kappa shape index (κ1) is 14.7. The van der Waals surface area contributed by atoms with Gasteiger partial charge in [0.15, 0.2) is 6.61 Å². The second kappa shape index (κ2) is 5.08. The Balaban J connectivity index is 1.66. The number of carbonyl (C=O) groups is 2. The number of nitrogens with two attached hydrogens (primary N) is 1. The summed E-state index contributed by atoms with van der Waals surface area (Å²) in [6, 6.07) is 10.6. The fourth-order valence-electron chi connectivity index (χ4n) is 5.92. The molecule has 0 aromatic heterocycles. The van der Waals surface area contributed by atoms with Crippen molar-refractivity contribution in [2.75, 3.05) is 6.61 Å². The maximum atomic E-state index is 12.7. The lowest BCUT2D eigenvalue weighted by molar-refractivity contribution is -0.175. The van der Waals surface area contributed by atoms with Gasteiger partial charge in [0.25, 0.3) is 5.91 Å². The second-order valence-electron chi connectivity index (χ2n) is 7.93. The van der Waals surface area contributed by atoms with Crippen LogP contribution in [0.2, 0.25) is 0 Å². The fraction of sp³-hybridized carbons (Fsp3) is 0.579. The molecular formula is C19H23NO3. The van der Waals surface area contributed by atoms with E-state index in [4.69, 9.17) is 10.5 Å². The van der Waals surface area contributed by atoms with E-state index in [1.807, 2.05) is 6.07 Å². The summed E-state index contributed by atoms with van der Waals surface area (Å²) in [7, 11) is 0. The van der Waals surface area contributed by atoms with Crippen molar-refractivity contribution in [2.45, 2.75) is 43.9 Å². The van der Waals surface area contributed by atoms with E-state index in [-0.39, 0.29) is 18.0 Å². The van der Waals surface area contributed by atoms with Crippen molar-refractivity contribution < 1.29 is 14.3 Å². The third-order valence-corrected chi connectivity index (χ3v) is 6.23. The van der Waals surface area contributed by atoms with Crippen LogP contribution in [0.1, 0.15) is 44.1 Å². The van der Waals surface area contributed by atoms with E-state index in [0.29, 0.717) is 11.8 Å². The molecule has 4 aliphatic carbocycles. The lowest BCUT2D eigenvalue weighted by Crippen LogP contribution is -2.57. The van der Waals surface area contributed by atoms with Gasteiger partial charge in [-0.2, -0.15) is 0 Å². The summed E-state index contributed by atoms with van der Waals surface area (Å²) in [6.07, 6.45) is 6.27. The lowest BCUT2D eigenvalue weighted by Gasteiger charge is -2.61. The standard InChI is InChI=1S/C19H23NO3/c20-16(21)11-23-17(22)19-9-13-6-14(10-19)8-18(7-13,12-19)15-4-2-1-3-5-15/h1-5,13-14H,6-12H2,(H2,20,21)/t13-,14+,18?,19?. The fourth-order valence-corrected chi connectivity index (χ4v) is 5.92. The first-order valence-electron chi connectivity index (χ1n) is 8.52. The van der Waals surface area contributed by atoms with Crippen LogP contribution in [-0.4, -0.2) is 18.5 Å². The molecule has 0 aliphatic heterocycles. The van der Waals surface area contributed by atoms with Gasteiger partial charge in [-0.3, -0.25) is 9.59 Å². The third-order valence-electron chi connectivity index (χ3n) is 6.23. The molecule has 1 aromatic carbocycles. The summed E-state index contributed by atoms with van der Waals surface area (Å²) < 4.78 is 5.26. The highest BCUT2D eigenvalue weighted by Crippen LogP contribution is 2.66. The van der Waals surface area contributed by atoms with Gasteiger partial charge in [0, 0.05) is 0 Å². The lowest BCUT2D eigenvalue weighted by atomic mass is 9.43. The average molecular weight is 313 g/mol. The molecule has 4 aliphatic rings. The Morgan fingerprint density at radius 1 is 1.09 bits per heavy atom. The number of benzene rings is 1. The van der Waals surface area contributed by atoms with Crippen molar-refractivity contribution in [3.63, 3.8) is 0 Å². The number of primary amides is 1. The smallest absolute Gasteiger partial charge is 0.312 e. The molecule has 4 nitrogen and oxygen atoms in total. The molecule has 4 fully saturated rings. The molecule has 0 radical (unpaired) electrons. The van der Waals surface area contributed by atoms with E-state index in [2.05, 4.69) is 24.3 Å². The van der Waals surface area contributed by atoms with E-state index in [1.54, 1.807) is 0 Å². The van der Waals surface area contributed by atoms with Crippen molar-refractivity contribution in [1.29, 1.82) is 0 Å². The van der Waals surface area contributed by atoms with Gasteiger partial charge in [0.1, 0.15) is 0 Å². The van der Waals surface area contributed by atoms with Gasteiger partial charge in [-0.05, 0) is 61.3 Å². The Hall–Kier alpha value is -1.84. The normalized spacial score (nSPS) is 37.6. The van der Waals surface area contributed by atoms with Crippen LogP contribution in [0.3, 0.4) is 0 Å². The Labute approximate surface area is 136 Å². The summed E-state index contributed by atoms with van der Waals surface area (Å²) >= 11 is 0. The van der Waals surface area contributed by atoms with E-state index in [1.165, 1.54) is 24.8 Å². The van der Waals surface area contributed by atoms with Crippen LogP contribution in [0.5, 0.6) is 0 Å². The molecule has 4 bridgehead atoms. The number of hydrogen-bond donors (Lipinski definition) is 1. The molecule has 1 amide bonds. The third kappa shape index (κ3) is 2.35. The van der Waals surface area contributed by atoms with E-state index in [9.17, 15) is 9.59 Å². The molecule has 23 heavy (non-hydrogen) atoms. The molecule has 0 heterocycles. The molecule has 1 aromatic rings. The zero-order valence-corrected chi connectivity index (χ0v) is 13.3. The second-order valence-corrected chi connectivity index (χ2v) is 7.93. The highest BCUT2D eigenvalue weighted by Gasteiger charge is 2.61. The molecule has 0 saturated heterocycles. The monoisotopic (exact) mass is 313 g/mol. The van der Waals surface area contributed by atoms with Crippen LogP contribution in [0.15, 0.2) is 30.3 Å². The predicted molar refractivity (Wildman–Crippen MR) is 85.4 cm³/mol. The molecule has 0 spiro atoms. The first-order valence-corrected chi connectivity index (χ1v) is 8.52. The molecular weight excluding hydrogens is 290 g/mol. The van der Waals surface area contributed by atoms with Crippen molar-refractivity contribution >= 4 is 11.9 Å². The molecule has 4 atom stereocenters. The van der Waals surface area contributed by atoms with Crippen molar-refractivity contribution in [2.24, 2.45) is 23.0 Å². The van der Waals surface area contributed by atoms with Gasteiger partial charge in [0.2, 0.25) is 0 Å². The van der Waals surface area contributed by atoms with Gasteiger partial charge in [-0.15, -0.1) is 0 Å². The maximum absolute atomic E-state index is 12.7. The number of carbonyl (C=O) groups excluding carboxylic acids is 2. The minimum Gasteiger partial charge on any atom is -0.455 e. The van der Waals surface area contributed by atoms with Crippen LogP contribution >= 0.6 is 0 Å². The van der Waals surface area contributed by atoms with Gasteiger partial charge in [-0.1, -0.05) is 30.3 Å². The summed E-state index contributed by atoms with van der Waals surface area (Å²) in [5.41, 5.74) is 6.20. The van der Waals surface area contributed by atoms with Gasteiger partial charge < -0.3 is 10.5 Å². The quantitative estimate of drug-likeness (QED) is 0.869. The molecule has 2 unspecified atom stereocenters. The number of esters is 1. The first-order chi connectivity index (χ1) is 11.0.